The normalized spacial score (nSPS) is 15.7. The molecule has 0 bridgehead atoms. The van der Waals surface area contributed by atoms with Crippen molar-refractivity contribution in [3.63, 3.8) is 0 Å². The van der Waals surface area contributed by atoms with E-state index in [0.29, 0.717) is 6.54 Å². The first-order chi connectivity index (χ1) is 12.6. The van der Waals surface area contributed by atoms with Crippen LogP contribution in [0.25, 0.3) is 0 Å². The van der Waals surface area contributed by atoms with Crippen molar-refractivity contribution in [1.29, 1.82) is 0 Å². The van der Waals surface area contributed by atoms with Crippen molar-refractivity contribution in [3.8, 4) is 0 Å². The van der Waals surface area contributed by atoms with Gasteiger partial charge in [-0.25, -0.2) is 4.39 Å². The zero-order valence-electron chi connectivity index (χ0n) is 15.6. The van der Waals surface area contributed by atoms with E-state index >= 15 is 0 Å². The van der Waals surface area contributed by atoms with Gasteiger partial charge in [-0.1, -0.05) is 12.1 Å². The zero-order chi connectivity index (χ0) is 18.4. The van der Waals surface area contributed by atoms with Crippen LogP contribution in [0.15, 0.2) is 41.7 Å². The van der Waals surface area contributed by atoms with E-state index in [4.69, 9.17) is 4.99 Å². The second-order valence-electron chi connectivity index (χ2n) is 7.04. The second kappa shape index (κ2) is 8.34. The van der Waals surface area contributed by atoms with Crippen LogP contribution < -0.4 is 10.6 Å². The summed E-state index contributed by atoms with van der Waals surface area (Å²) >= 11 is 0. The van der Waals surface area contributed by atoms with Crippen molar-refractivity contribution in [2.75, 3.05) is 19.6 Å². The first-order valence-electron chi connectivity index (χ1n) is 9.37. The van der Waals surface area contributed by atoms with Crippen LogP contribution in [-0.2, 0) is 18.9 Å². The summed E-state index contributed by atoms with van der Waals surface area (Å²) in [6.45, 7) is 4.43. The molecule has 0 amide bonds. The van der Waals surface area contributed by atoms with E-state index in [2.05, 4.69) is 28.9 Å². The van der Waals surface area contributed by atoms with Crippen LogP contribution in [0, 0.1) is 5.82 Å². The van der Waals surface area contributed by atoms with E-state index in [-0.39, 0.29) is 11.2 Å². The molecule has 1 aromatic heterocycles. The molecule has 2 N–H and O–H groups in total. The molecule has 0 atom stereocenters. The highest BCUT2D eigenvalue weighted by Gasteiger charge is 2.44. The van der Waals surface area contributed by atoms with Crippen LogP contribution in [-0.4, -0.2) is 35.4 Å². The molecular formula is C20H28FN5. The molecule has 5 nitrogen and oxygen atoms in total. The van der Waals surface area contributed by atoms with Gasteiger partial charge in [0.15, 0.2) is 5.96 Å². The van der Waals surface area contributed by atoms with Gasteiger partial charge in [-0.05, 0) is 55.9 Å². The van der Waals surface area contributed by atoms with Crippen LogP contribution in [0.1, 0.15) is 37.3 Å². The molecule has 1 heterocycles. The quantitative estimate of drug-likeness (QED) is 0.434. The van der Waals surface area contributed by atoms with Gasteiger partial charge in [0.1, 0.15) is 5.82 Å². The summed E-state index contributed by atoms with van der Waals surface area (Å²) in [4.78, 5) is 4.76. The molecule has 26 heavy (non-hydrogen) atoms. The Morgan fingerprint density at radius 3 is 2.85 bits per heavy atom. The van der Waals surface area contributed by atoms with Gasteiger partial charge in [0.25, 0.3) is 0 Å². The van der Waals surface area contributed by atoms with Crippen molar-refractivity contribution < 1.29 is 4.39 Å². The Kier molecular flexibility index (Phi) is 5.91. The zero-order valence-corrected chi connectivity index (χ0v) is 15.6. The van der Waals surface area contributed by atoms with Crippen LogP contribution in [0.3, 0.4) is 0 Å². The Labute approximate surface area is 154 Å². The van der Waals surface area contributed by atoms with Crippen LogP contribution in [0.5, 0.6) is 0 Å². The van der Waals surface area contributed by atoms with Crippen molar-refractivity contribution in [1.82, 2.24) is 20.4 Å². The maximum absolute atomic E-state index is 13.5. The number of aliphatic imine (C=N–C) groups is 1. The van der Waals surface area contributed by atoms with Crippen LogP contribution >= 0.6 is 0 Å². The molecular weight excluding hydrogens is 329 g/mol. The Morgan fingerprint density at radius 1 is 1.35 bits per heavy atom. The minimum atomic E-state index is -0.168. The molecule has 6 heteroatoms. The SMILES string of the molecule is CCNC(=NCC1(c2cccc(F)c2)CC1)NCCCc1cnn(C)c1. The molecule has 0 aliphatic heterocycles. The van der Waals surface area contributed by atoms with Crippen molar-refractivity contribution in [3.05, 3.63) is 53.6 Å². The van der Waals surface area contributed by atoms with E-state index in [0.717, 1.165) is 50.3 Å². The molecule has 1 aliphatic rings. The molecule has 1 aromatic carbocycles. The monoisotopic (exact) mass is 357 g/mol. The van der Waals surface area contributed by atoms with Gasteiger partial charge in [-0.2, -0.15) is 5.10 Å². The molecule has 2 aromatic rings. The van der Waals surface area contributed by atoms with E-state index in [1.165, 1.54) is 11.6 Å². The lowest BCUT2D eigenvalue weighted by Crippen LogP contribution is -2.38. The van der Waals surface area contributed by atoms with Gasteiger partial charge in [0, 0.05) is 31.7 Å². The van der Waals surface area contributed by atoms with Crippen molar-refractivity contribution in [2.45, 2.75) is 38.0 Å². The van der Waals surface area contributed by atoms with Gasteiger partial charge in [0.05, 0.1) is 12.7 Å². The lowest BCUT2D eigenvalue weighted by Gasteiger charge is -2.16. The second-order valence-corrected chi connectivity index (χ2v) is 7.04. The summed E-state index contributed by atoms with van der Waals surface area (Å²) in [6, 6.07) is 6.95. The van der Waals surface area contributed by atoms with E-state index in [9.17, 15) is 4.39 Å². The first kappa shape index (κ1) is 18.4. The third-order valence-corrected chi connectivity index (χ3v) is 4.87. The highest BCUT2D eigenvalue weighted by Crippen LogP contribution is 2.48. The van der Waals surface area contributed by atoms with Gasteiger partial charge < -0.3 is 10.6 Å². The summed E-state index contributed by atoms with van der Waals surface area (Å²) in [6.07, 6.45) is 8.11. The third kappa shape index (κ3) is 4.84. The lowest BCUT2D eigenvalue weighted by molar-refractivity contribution is 0.615. The topological polar surface area (TPSA) is 54.2 Å². The number of aryl methyl sites for hydroxylation is 2. The number of rotatable bonds is 8. The number of hydrogen-bond donors (Lipinski definition) is 2. The number of halogens is 1. The van der Waals surface area contributed by atoms with E-state index < -0.39 is 0 Å². The summed E-state index contributed by atoms with van der Waals surface area (Å²) in [5, 5.41) is 10.9. The van der Waals surface area contributed by atoms with Gasteiger partial charge in [-0.15, -0.1) is 0 Å². The van der Waals surface area contributed by atoms with Crippen molar-refractivity contribution in [2.24, 2.45) is 12.0 Å². The predicted octanol–water partition coefficient (Wildman–Crippen LogP) is 2.78. The summed E-state index contributed by atoms with van der Waals surface area (Å²) < 4.78 is 15.4. The molecule has 1 aliphatic carbocycles. The van der Waals surface area contributed by atoms with E-state index in [1.807, 2.05) is 24.0 Å². The number of aromatic nitrogens is 2. The van der Waals surface area contributed by atoms with Crippen molar-refractivity contribution >= 4 is 5.96 Å². The maximum Gasteiger partial charge on any atom is 0.191 e. The highest BCUT2D eigenvalue weighted by molar-refractivity contribution is 5.79. The number of hydrogen-bond acceptors (Lipinski definition) is 2. The third-order valence-electron chi connectivity index (χ3n) is 4.87. The average Bonchev–Trinajstić information content (AvgIpc) is 3.31. The Hall–Kier alpha value is -2.37. The van der Waals surface area contributed by atoms with Gasteiger partial charge in [0.2, 0.25) is 0 Å². The number of guanidine groups is 1. The number of nitrogens with zero attached hydrogens (tertiary/aromatic N) is 3. The minimum Gasteiger partial charge on any atom is -0.357 e. The fourth-order valence-electron chi connectivity index (χ4n) is 3.18. The standard InChI is InChI=1S/C20H28FN5/c1-3-22-19(23-11-5-6-16-13-25-26(2)14-16)24-15-20(9-10-20)17-7-4-8-18(21)12-17/h4,7-8,12-14H,3,5-6,9-11,15H2,1-2H3,(H2,22,23,24). The molecule has 3 rings (SSSR count). The largest absolute Gasteiger partial charge is 0.357 e. The smallest absolute Gasteiger partial charge is 0.191 e. The maximum atomic E-state index is 13.5. The average molecular weight is 357 g/mol. The summed E-state index contributed by atoms with van der Waals surface area (Å²) in [7, 11) is 1.93. The molecule has 140 valence electrons. The Bertz CT molecular complexity index is 748. The summed E-state index contributed by atoms with van der Waals surface area (Å²) in [5.41, 5.74) is 2.33. The molecule has 0 unspecified atom stereocenters. The Balaban J connectivity index is 1.52. The Morgan fingerprint density at radius 2 is 2.19 bits per heavy atom. The lowest BCUT2D eigenvalue weighted by atomic mass is 9.96. The van der Waals surface area contributed by atoms with Gasteiger partial charge >= 0.3 is 0 Å². The minimum absolute atomic E-state index is 0.0140. The van der Waals surface area contributed by atoms with Crippen LogP contribution in [0.4, 0.5) is 4.39 Å². The van der Waals surface area contributed by atoms with Gasteiger partial charge in [-0.3, -0.25) is 9.67 Å². The molecule has 0 saturated heterocycles. The first-order valence-corrected chi connectivity index (χ1v) is 9.37. The summed E-state index contributed by atoms with van der Waals surface area (Å²) in [5.74, 6) is 0.666. The number of benzene rings is 1. The molecule has 1 fully saturated rings. The fraction of sp³-hybridized carbons (Fsp3) is 0.500. The number of nitrogens with one attached hydrogen (secondary N) is 2. The fourth-order valence-corrected chi connectivity index (χ4v) is 3.18. The predicted molar refractivity (Wildman–Crippen MR) is 103 cm³/mol. The molecule has 1 saturated carbocycles. The molecule has 0 spiro atoms. The highest BCUT2D eigenvalue weighted by atomic mass is 19.1. The van der Waals surface area contributed by atoms with E-state index in [1.54, 1.807) is 12.1 Å². The molecule has 0 radical (unpaired) electrons. The van der Waals surface area contributed by atoms with Crippen LogP contribution in [0.2, 0.25) is 0 Å².